The predicted octanol–water partition coefficient (Wildman–Crippen LogP) is 2.91. The summed E-state index contributed by atoms with van der Waals surface area (Å²) in [5, 5.41) is 5.84. The number of benzene rings is 1. The third-order valence-electron chi connectivity index (χ3n) is 3.98. The van der Waals surface area contributed by atoms with Crippen LogP contribution in [0.15, 0.2) is 34.2 Å². The van der Waals surface area contributed by atoms with Gasteiger partial charge in [0.2, 0.25) is 5.91 Å². The van der Waals surface area contributed by atoms with Crippen LogP contribution in [-0.2, 0) is 11.3 Å². The molecule has 8 heteroatoms. The van der Waals surface area contributed by atoms with E-state index in [1.165, 1.54) is 11.8 Å². The van der Waals surface area contributed by atoms with Gasteiger partial charge >= 0.3 is 6.03 Å². The molecule has 0 radical (unpaired) electrons. The lowest BCUT2D eigenvalue weighted by Crippen LogP contribution is -2.40. The minimum atomic E-state index is -0.522. The number of aromatic nitrogens is 2. The summed E-state index contributed by atoms with van der Waals surface area (Å²) in [6, 6.07) is 6.68. The number of rotatable bonds is 9. The van der Waals surface area contributed by atoms with Crippen LogP contribution < -0.4 is 16.2 Å². The molecule has 2 rings (SSSR count). The van der Waals surface area contributed by atoms with E-state index in [4.69, 9.17) is 0 Å². The lowest BCUT2D eigenvalue weighted by molar-refractivity contribution is -0.117. The second-order valence-electron chi connectivity index (χ2n) is 6.13. The lowest BCUT2D eigenvalue weighted by Gasteiger charge is -2.13. The Balaban J connectivity index is 2.18. The maximum absolute atomic E-state index is 12.9. The lowest BCUT2D eigenvalue weighted by atomic mass is 10.2. The van der Waals surface area contributed by atoms with Gasteiger partial charge < -0.3 is 5.32 Å². The summed E-state index contributed by atoms with van der Waals surface area (Å²) in [6.07, 6.45) is 4.16. The molecule has 0 aliphatic heterocycles. The highest BCUT2D eigenvalue weighted by Crippen LogP contribution is 2.18. The van der Waals surface area contributed by atoms with Crippen molar-refractivity contribution in [2.24, 2.45) is 0 Å². The summed E-state index contributed by atoms with van der Waals surface area (Å²) < 4.78 is 1.64. The van der Waals surface area contributed by atoms with Gasteiger partial charge in [-0.2, -0.15) is 0 Å². The molecule has 146 valence electrons. The first-order valence-electron chi connectivity index (χ1n) is 9.26. The molecule has 1 aromatic heterocycles. The van der Waals surface area contributed by atoms with Crippen LogP contribution in [0.3, 0.4) is 0 Å². The van der Waals surface area contributed by atoms with Crippen LogP contribution in [0.1, 0.15) is 39.5 Å². The smallest absolute Gasteiger partial charge is 0.321 e. The van der Waals surface area contributed by atoms with E-state index in [1.54, 1.807) is 23.6 Å². The molecule has 0 saturated heterocycles. The molecule has 0 unspecified atom stereocenters. The number of amides is 3. The third-order valence-corrected chi connectivity index (χ3v) is 4.96. The molecule has 0 saturated carbocycles. The summed E-state index contributed by atoms with van der Waals surface area (Å²) >= 11 is 1.17. The molecular weight excluding hydrogens is 364 g/mol. The first-order chi connectivity index (χ1) is 13.1. The van der Waals surface area contributed by atoms with E-state index >= 15 is 0 Å². The Hall–Kier alpha value is -2.35. The Kier molecular flexibility index (Phi) is 8.32. The minimum absolute atomic E-state index is 0.0108. The number of nitrogens with zero attached hydrogens (tertiary/aromatic N) is 2. The van der Waals surface area contributed by atoms with Crippen molar-refractivity contribution in [3.63, 3.8) is 0 Å². The predicted molar refractivity (Wildman–Crippen MR) is 108 cm³/mol. The minimum Gasteiger partial charge on any atom is -0.338 e. The summed E-state index contributed by atoms with van der Waals surface area (Å²) in [5.41, 5.74) is 0.516. The van der Waals surface area contributed by atoms with Crippen LogP contribution in [0.25, 0.3) is 10.9 Å². The highest BCUT2D eigenvalue weighted by Gasteiger charge is 2.14. The van der Waals surface area contributed by atoms with Crippen molar-refractivity contribution in [3.05, 3.63) is 34.6 Å². The summed E-state index contributed by atoms with van der Waals surface area (Å²) in [7, 11) is 0. The molecular formula is C19H26N4O3S. The van der Waals surface area contributed by atoms with Crippen LogP contribution in [0.5, 0.6) is 0 Å². The van der Waals surface area contributed by atoms with Gasteiger partial charge in [-0.25, -0.2) is 9.78 Å². The SMILES string of the molecule is CCCCCCn1c(SCC(=O)NC(=O)NCC)nc2ccccc2c1=O. The summed E-state index contributed by atoms with van der Waals surface area (Å²) in [6.45, 7) is 4.92. The standard InChI is InChI=1S/C19H26N4O3S/c1-3-5-6-9-12-23-17(25)14-10-7-8-11-15(14)21-19(23)27-13-16(24)22-18(26)20-4-2/h7-8,10-11H,3-6,9,12-13H2,1-2H3,(H2,20,22,24,26). The van der Waals surface area contributed by atoms with Crippen molar-refractivity contribution >= 4 is 34.6 Å². The third kappa shape index (κ3) is 6.09. The Labute approximate surface area is 162 Å². The number of nitrogens with one attached hydrogen (secondary N) is 2. The van der Waals surface area contributed by atoms with Crippen LogP contribution in [0.4, 0.5) is 4.79 Å². The van der Waals surface area contributed by atoms with Crippen LogP contribution in [0.2, 0.25) is 0 Å². The van der Waals surface area contributed by atoms with Crippen molar-refractivity contribution in [2.75, 3.05) is 12.3 Å². The largest absolute Gasteiger partial charge is 0.338 e. The summed E-state index contributed by atoms with van der Waals surface area (Å²) in [5.74, 6) is -0.414. The first kappa shape index (κ1) is 21.0. The fourth-order valence-corrected chi connectivity index (χ4v) is 3.47. The van der Waals surface area contributed by atoms with E-state index in [1.807, 2.05) is 12.1 Å². The molecule has 27 heavy (non-hydrogen) atoms. The average molecular weight is 391 g/mol. The zero-order chi connectivity index (χ0) is 19.6. The topological polar surface area (TPSA) is 93.1 Å². The van der Waals surface area contributed by atoms with Crippen molar-refractivity contribution < 1.29 is 9.59 Å². The number of carbonyl (C=O) groups excluding carboxylic acids is 2. The normalized spacial score (nSPS) is 10.7. The number of thioether (sulfide) groups is 1. The number of hydrogen-bond donors (Lipinski definition) is 2. The molecule has 7 nitrogen and oxygen atoms in total. The van der Waals surface area contributed by atoms with E-state index in [9.17, 15) is 14.4 Å². The van der Waals surface area contributed by atoms with Crippen molar-refractivity contribution in [3.8, 4) is 0 Å². The zero-order valence-electron chi connectivity index (χ0n) is 15.8. The molecule has 3 amide bonds. The Morgan fingerprint density at radius 3 is 2.67 bits per heavy atom. The zero-order valence-corrected chi connectivity index (χ0v) is 16.6. The molecule has 0 bridgehead atoms. The van der Waals surface area contributed by atoms with Crippen molar-refractivity contribution in [2.45, 2.75) is 51.2 Å². The molecule has 1 aromatic carbocycles. The number of carbonyl (C=O) groups is 2. The van der Waals surface area contributed by atoms with Gasteiger partial charge in [-0.1, -0.05) is 50.1 Å². The van der Waals surface area contributed by atoms with Crippen molar-refractivity contribution in [1.82, 2.24) is 20.2 Å². The molecule has 0 atom stereocenters. The number of urea groups is 1. The Morgan fingerprint density at radius 2 is 1.93 bits per heavy atom. The van der Waals surface area contributed by atoms with Crippen LogP contribution in [-0.4, -0.2) is 33.8 Å². The molecule has 0 aliphatic rings. The number of fused-ring (bicyclic) bond motifs is 1. The monoisotopic (exact) mass is 390 g/mol. The highest BCUT2D eigenvalue weighted by molar-refractivity contribution is 7.99. The van der Waals surface area contributed by atoms with Crippen LogP contribution in [0, 0.1) is 0 Å². The maximum atomic E-state index is 12.9. The van der Waals surface area contributed by atoms with Gasteiger partial charge in [-0.3, -0.25) is 19.5 Å². The van der Waals surface area contributed by atoms with E-state index in [0.29, 0.717) is 29.1 Å². The molecule has 2 N–H and O–H groups in total. The number of para-hydroxylation sites is 1. The number of imide groups is 1. The maximum Gasteiger partial charge on any atom is 0.321 e. The van der Waals surface area contributed by atoms with Gasteiger partial charge in [0.1, 0.15) is 0 Å². The van der Waals surface area contributed by atoms with Crippen LogP contribution >= 0.6 is 11.8 Å². The quantitative estimate of drug-likeness (QED) is 0.390. The van der Waals surface area contributed by atoms with Gasteiger partial charge in [-0.15, -0.1) is 0 Å². The van der Waals surface area contributed by atoms with E-state index in [-0.39, 0.29) is 11.3 Å². The van der Waals surface area contributed by atoms with Gasteiger partial charge in [0, 0.05) is 13.1 Å². The van der Waals surface area contributed by atoms with E-state index in [0.717, 1.165) is 25.7 Å². The fourth-order valence-electron chi connectivity index (χ4n) is 2.65. The molecule has 0 fully saturated rings. The number of hydrogen-bond acceptors (Lipinski definition) is 5. The van der Waals surface area contributed by atoms with E-state index < -0.39 is 11.9 Å². The molecule has 1 heterocycles. The second kappa shape index (κ2) is 10.7. The Morgan fingerprint density at radius 1 is 1.15 bits per heavy atom. The van der Waals surface area contributed by atoms with Gasteiger partial charge in [0.15, 0.2) is 5.16 Å². The van der Waals surface area contributed by atoms with E-state index in [2.05, 4.69) is 22.5 Å². The average Bonchev–Trinajstić information content (AvgIpc) is 2.65. The second-order valence-corrected chi connectivity index (χ2v) is 7.07. The van der Waals surface area contributed by atoms with Gasteiger partial charge in [-0.05, 0) is 25.5 Å². The van der Waals surface area contributed by atoms with Gasteiger partial charge in [0.05, 0.1) is 16.7 Å². The molecule has 0 spiro atoms. The first-order valence-corrected chi connectivity index (χ1v) is 10.3. The highest BCUT2D eigenvalue weighted by atomic mass is 32.2. The fraction of sp³-hybridized carbons (Fsp3) is 0.474. The Bertz CT molecular complexity index is 850. The number of unbranched alkanes of at least 4 members (excludes halogenated alkanes) is 3. The summed E-state index contributed by atoms with van der Waals surface area (Å²) in [4.78, 5) is 40.8. The molecule has 0 aliphatic carbocycles. The van der Waals surface area contributed by atoms with Crippen molar-refractivity contribution in [1.29, 1.82) is 0 Å². The molecule has 2 aromatic rings. The van der Waals surface area contributed by atoms with Gasteiger partial charge in [0.25, 0.3) is 5.56 Å².